The summed E-state index contributed by atoms with van der Waals surface area (Å²) in [7, 11) is 0. The van der Waals surface area contributed by atoms with E-state index in [0.29, 0.717) is 17.9 Å². The van der Waals surface area contributed by atoms with Gasteiger partial charge >= 0.3 is 0 Å². The van der Waals surface area contributed by atoms with Gasteiger partial charge in [-0.2, -0.15) is 0 Å². The third-order valence-corrected chi connectivity index (χ3v) is 4.23. The molecule has 2 N–H and O–H groups in total. The highest BCUT2D eigenvalue weighted by atomic mass is 16.2. The lowest BCUT2D eigenvalue weighted by Gasteiger charge is -2.07. The van der Waals surface area contributed by atoms with Crippen LogP contribution in [-0.2, 0) is 6.42 Å². The maximum atomic E-state index is 12.2. The third kappa shape index (κ3) is 5.48. The van der Waals surface area contributed by atoms with E-state index >= 15 is 0 Å². The maximum absolute atomic E-state index is 12.2. The number of benzene rings is 2. The monoisotopic (exact) mass is 374 g/mol. The molecule has 6 nitrogen and oxygen atoms in total. The molecule has 2 aromatic carbocycles. The van der Waals surface area contributed by atoms with Gasteiger partial charge in [0.2, 0.25) is 0 Å². The second-order valence-electron chi connectivity index (χ2n) is 6.41. The Kier molecular flexibility index (Phi) is 6.46. The van der Waals surface area contributed by atoms with E-state index in [0.717, 1.165) is 18.5 Å². The molecule has 3 rings (SSSR count). The summed E-state index contributed by atoms with van der Waals surface area (Å²) in [4.78, 5) is 23.5. The molecule has 0 saturated heterocycles. The quantitative estimate of drug-likeness (QED) is 0.463. The van der Waals surface area contributed by atoms with Crippen molar-refractivity contribution in [1.29, 1.82) is 0 Å². The maximum Gasteiger partial charge on any atom is 0.271 e. The molecule has 6 heteroatoms. The molecule has 3 aromatic rings. The van der Waals surface area contributed by atoms with Gasteiger partial charge in [0.15, 0.2) is 17.3 Å². The van der Waals surface area contributed by atoms with E-state index < -0.39 is 0 Å². The van der Waals surface area contributed by atoms with Crippen molar-refractivity contribution in [3.63, 3.8) is 0 Å². The number of ketones is 1. The average molecular weight is 374 g/mol. The molecule has 0 spiro atoms. The molecule has 0 unspecified atom stereocenters. The first-order valence-electron chi connectivity index (χ1n) is 9.16. The zero-order chi connectivity index (χ0) is 19.8. The Morgan fingerprint density at radius 1 is 0.893 bits per heavy atom. The van der Waals surface area contributed by atoms with Crippen LogP contribution >= 0.6 is 0 Å². The molecular formula is C22H22N4O2. The van der Waals surface area contributed by atoms with Crippen molar-refractivity contribution >= 4 is 23.2 Å². The number of amides is 1. The predicted molar refractivity (Wildman–Crippen MR) is 109 cm³/mol. The molecule has 0 aliphatic rings. The van der Waals surface area contributed by atoms with Gasteiger partial charge in [0.25, 0.3) is 5.91 Å². The number of carbonyl (C=O) groups excluding carboxylic acids is 2. The van der Waals surface area contributed by atoms with Gasteiger partial charge < -0.3 is 10.6 Å². The highest BCUT2D eigenvalue weighted by Gasteiger charge is 2.08. The van der Waals surface area contributed by atoms with Crippen LogP contribution in [0.15, 0.2) is 66.7 Å². The number of rotatable bonds is 8. The van der Waals surface area contributed by atoms with Crippen molar-refractivity contribution in [1.82, 2.24) is 15.5 Å². The molecule has 0 aliphatic heterocycles. The van der Waals surface area contributed by atoms with E-state index in [2.05, 4.69) is 33.0 Å². The topological polar surface area (TPSA) is 84.0 Å². The smallest absolute Gasteiger partial charge is 0.271 e. The van der Waals surface area contributed by atoms with Crippen molar-refractivity contribution in [3.05, 3.63) is 83.6 Å². The lowest BCUT2D eigenvalue weighted by Crippen LogP contribution is -2.26. The van der Waals surface area contributed by atoms with Gasteiger partial charge in [0.1, 0.15) is 0 Å². The van der Waals surface area contributed by atoms with Crippen LogP contribution in [0.5, 0.6) is 0 Å². The first-order valence-corrected chi connectivity index (χ1v) is 9.16. The minimum absolute atomic E-state index is 0.0190. The summed E-state index contributed by atoms with van der Waals surface area (Å²) in [6.07, 6.45) is 1.77. The highest BCUT2D eigenvalue weighted by Crippen LogP contribution is 2.15. The molecule has 1 amide bonds. The summed E-state index contributed by atoms with van der Waals surface area (Å²) in [5.74, 6) is 0.305. The summed E-state index contributed by atoms with van der Waals surface area (Å²) in [6, 6.07) is 20.6. The molecule has 0 fully saturated rings. The van der Waals surface area contributed by atoms with Gasteiger partial charge in [0.05, 0.1) is 0 Å². The first-order chi connectivity index (χ1) is 13.6. The molecule has 0 radical (unpaired) electrons. The third-order valence-electron chi connectivity index (χ3n) is 4.23. The van der Waals surface area contributed by atoms with E-state index in [-0.39, 0.29) is 17.4 Å². The normalized spacial score (nSPS) is 10.3. The van der Waals surface area contributed by atoms with Crippen LogP contribution in [0.2, 0.25) is 0 Å². The standard InChI is InChI=1S/C22H22N4O2/c1-16(27)18-9-11-19(12-10-18)24-21-14-13-20(25-26-21)22(28)23-15-5-8-17-6-3-2-4-7-17/h2-4,6-7,9-14H,5,8,15H2,1H3,(H,23,28)(H,24,26). The zero-order valence-corrected chi connectivity index (χ0v) is 15.7. The Balaban J connectivity index is 1.47. The second-order valence-corrected chi connectivity index (χ2v) is 6.41. The van der Waals surface area contributed by atoms with Gasteiger partial charge in [-0.15, -0.1) is 10.2 Å². The zero-order valence-electron chi connectivity index (χ0n) is 15.7. The molecule has 0 bridgehead atoms. The van der Waals surface area contributed by atoms with Crippen molar-refractivity contribution in [2.75, 3.05) is 11.9 Å². The summed E-state index contributed by atoms with van der Waals surface area (Å²) in [5.41, 5.74) is 2.97. The van der Waals surface area contributed by atoms with Crippen LogP contribution in [0.25, 0.3) is 0 Å². The molecular weight excluding hydrogens is 352 g/mol. The van der Waals surface area contributed by atoms with Crippen molar-refractivity contribution in [2.24, 2.45) is 0 Å². The van der Waals surface area contributed by atoms with E-state index in [1.807, 2.05) is 18.2 Å². The number of carbonyl (C=O) groups is 2. The average Bonchev–Trinajstić information content (AvgIpc) is 2.73. The highest BCUT2D eigenvalue weighted by molar-refractivity contribution is 5.94. The number of aryl methyl sites for hydroxylation is 1. The molecule has 0 aliphatic carbocycles. The van der Waals surface area contributed by atoms with Crippen LogP contribution in [0.3, 0.4) is 0 Å². The van der Waals surface area contributed by atoms with E-state index in [4.69, 9.17) is 0 Å². The fourth-order valence-electron chi connectivity index (χ4n) is 2.69. The summed E-state index contributed by atoms with van der Waals surface area (Å²) in [6.45, 7) is 2.11. The molecule has 1 aromatic heterocycles. The molecule has 0 atom stereocenters. The number of aromatic nitrogens is 2. The van der Waals surface area contributed by atoms with Crippen molar-refractivity contribution < 1.29 is 9.59 Å². The van der Waals surface area contributed by atoms with Gasteiger partial charge in [-0.3, -0.25) is 9.59 Å². The lowest BCUT2D eigenvalue weighted by molar-refractivity contribution is 0.0946. The van der Waals surface area contributed by atoms with Gasteiger partial charge in [0, 0.05) is 17.8 Å². The fraction of sp³-hybridized carbons (Fsp3) is 0.182. The summed E-state index contributed by atoms with van der Waals surface area (Å²) < 4.78 is 0. The van der Waals surface area contributed by atoms with Gasteiger partial charge in [-0.1, -0.05) is 30.3 Å². The Hall–Kier alpha value is -3.54. The van der Waals surface area contributed by atoms with Crippen LogP contribution in [-0.4, -0.2) is 28.4 Å². The van der Waals surface area contributed by atoms with Crippen LogP contribution < -0.4 is 10.6 Å². The number of nitrogens with zero attached hydrogens (tertiary/aromatic N) is 2. The molecule has 142 valence electrons. The lowest BCUT2D eigenvalue weighted by atomic mass is 10.1. The minimum atomic E-state index is -0.238. The predicted octanol–water partition coefficient (Wildman–Crippen LogP) is 3.79. The number of hydrogen-bond donors (Lipinski definition) is 2. The Bertz CT molecular complexity index is 923. The van der Waals surface area contributed by atoms with Crippen molar-refractivity contribution in [3.8, 4) is 0 Å². The van der Waals surface area contributed by atoms with Gasteiger partial charge in [-0.05, 0) is 61.7 Å². The Labute approximate surface area is 164 Å². The van der Waals surface area contributed by atoms with Crippen LogP contribution in [0.1, 0.15) is 39.8 Å². The van der Waals surface area contributed by atoms with E-state index in [9.17, 15) is 9.59 Å². The van der Waals surface area contributed by atoms with Gasteiger partial charge in [-0.25, -0.2) is 0 Å². The number of nitrogens with one attached hydrogen (secondary N) is 2. The Morgan fingerprint density at radius 2 is 1.64 bits per heavy atom. The number of Topliss-reactive ketones (excluding diaryl/α,β-unsaturated/α-hetero) is 1. The first kappa shape index (κ1) is 19.2. The SMILES string of the molecule is CC(=O)c1ccc(Nc2ccc(C(=O)NCCCc3ccccc3)nn2)cc1. The molecule has 0 saturated carbocycles. The molecule has 1 heterocycles. The minimum Gasteiger partial charge on any atom is -0.351 e. The van der Waals surface area contributed by atoms with E-state index in [1.165, 1.54) is 12.5 Å². The second kappa shape index (κ2) is 9.41. The number of hydrogen-bond acceptors (Lipinski definition) is 5. The fourth-order valence-corrected chi connectivity index (χ4v) is 2.69. The summed E-state index contributed by atoms with van der Waals surface area (Å²) >= 11 is 0. The number of anilines is 2. The largest absolute Gasteiger partial charge is 0.351 e. The summed E-state index contributed by atoms with van der Waals surface area (Å²) in [5, 5.41) is 14.0. The van der Waals surface area contributed by atoms with Crippen molar-refractivity contribution in [2.45, 2.75) is 19.8 Å². The van der Waals surface area contributed by atoms with Crippen LogP contribution in [0, 0.1) is 0 Å². The Morgan fingerprint density at radius 3 is 2.29 bits per heavy atom. The van der Waals surface area contributed by atoms with E-state index in [1.54, 1.807) is 36.4 Å². The van der Waals surface area contributed by atoms with Crippen LogP contribution in [0.4, 0.5) is 11.5 Å². The molecule has 28 heavy (non-hydrogen) atoms.